The van der Waals surface area contributed by atoms with E-state index in [1.807, 2.05) is 0 Å². The maximum atomic E-state index is 12.5. The second kappa shape index (κ2) is 16.8. The first kappa shape index (κ1) is 29.1. The molecule has 0 aliphatic rings. The second-order valence-electron chi connectivity index (χ2n) is 5.43. The second-order valence-corrected chi connectivity index (χ2v) is 6.68. The Kier molecular flexibility index (Phi) is 15.2. The molecule has 0 radical (unpaired) electrons. The first-order valence-electron chi connectivity index (χ1n) is 9.38. The third kappa shape index (κ3) is 12.7. The molecule has 174 valence electrons. The molecule has 0 unspecified atom stereocenters. The van der Waals surface area contributed by atoms with Crippen LogP contribution in [0, 0.1) is 15.2 Å². The lowest BCUT2D eigenvalue weighted by Crippen LogP contribution is -2.19. The quantitative estimate of drug-likeness (QED) is 0.177. The molecule has 0 spiro atoms. The molecule has 0 atom stereocenters. The smallest absolute Gasteiger partial charge is 0.417 e. The number of Topliss-reactive ketones (excluding diaryl/α,β-unsaturated/α-hetero) is 1. The van der Waals surface area contributed by atoms with Gasteiger partial charge in [0.2, 0.25) is 0 Å². The molecule has 7 nitrogen and oxygen atoms in total. The minimum Gasteiger partial charge on any atom is -0.460 e. The summed E-state index contributed by atoms with van der Waals surface area (Å²) in [6.07, 6.45) is 0. The molecule has 2 rings (SSSR count). The van der Waals surface area contributed by atoms with Crippen LogP contribution in [-0.4, -0.2) is 43.5 Å². The first-order valence-corrected chi connectivity index (χ1v) is 10.5. The Bertz CT molecular complexity index is 832. The molecule has 0 bridgehead atoms. The Balaban J connectivity index is 0.000000471. The Hall–Kier alpha value is -2.89. The van der Waals surface area contributed by atoms with E-state index in [1.54, 1.807) is 32.9 Å². The van der Waals surface area contributed by atoms with Gasteiger partial charge in [0, 0.05) is 9.13 Å². The molecule has 0 aliphatic carbocycles. The molecule has 0 saturated heterocycles. The zero-order valence-corrected chi connectivity index (χ0v) is 19.9. The van der Waals surface area contributed by atoms with Crippen LogP contribution in [0.4, 0.5) is 8.78 Å². The lowest BCUT2D eigenvalue weighted by molar-refractivity contribution is -0.167. The number of esters is 3. The van der Waals surface area contributed by atoms with Crippen molar-refractivity contribution in [3.8, 4) is 0 Å². The summed E-state index contributed by atoms with van der Waals surface area (Å²) in [6.45, 7) is 5.38. The highest BCUT2D eigenvalue weighted by molar-refractivity contribution is 14.1. The fourth-order valence-electron chi connectivity index (χ4n) is 1.73. The third-order valence-electron chi connectivity index (χ3n) is 3.09. The lowest BCUT2D eigenvalue weighted by atomic mass is 10.1. The number of rotatable bonds is 5. The number of halogens is 3. The lowest BCUT2D eigenvalue weighted by Gasteiger charge is -2.00. The number of benzene rings is 2. The van der Waals surface area contributed by atoms with Crippen LogP contribution >= 0.6 is 22.6 Å². The summed E-state index contributed by atoms with van der Waals surface area (Å²) in [5, 5.41) is 0. The molecule has 0 N–H and O–H groups in total. The molecule has 2 aromatic carbocycles. The SMILES string of the molecule is CCOC(=O)C(=O)OCC.CCOC(=O)C(=O)c1ccc(F)cc1.Fc1ccc(I)cc1. The molecular weight excluding hydrogens is 541 g/mol. The number of ether oxygens (including phenoxy) is 3. The van der Waals surface area contributed by atoms with Gasteiger partial charge in [-0.2, -0.15) is 0 Å². The van der Waals surface area contributed by atoms with E-state index in [2.05, 4.69) is 36.8 Å². The number of carbonyl (C=O) groups is 4. The van der Waals surface area contributed by atoms with E-state index >= 15 is 0 Å². The summed E-state index contributed by atoms with van der Waals surface area (Å²) in [6, 6.07) is 11.1. The minimum atomic E-state index is -0.927. The Morgan fingerprint density at radius 3 is 1.34 bits per heavy atom. The molecule has 2 aromatic rings. The van der Waals surface area contributed by atoms with E-state index in [4.69, 9.17) is 0 Å². The van der Waals surface area contributed by atoms with Gasteiger partial charge in [-0.25, -0.2) is 23.2 Å². The molecular formula is C22H23F2IO7. The van der Waals surface area contributed by atoms with Crippen molar-refractivity contribution in [2.24, 2.45) is 0 Å². The van der Waals surface area contributed by atoms with Crippen LogP contribution in [-0.2, 0) is 28.6 Å². The normalized spacial score (nSPS) is 9.19. The maximum Gasteiger partial charge on any atom is 0.417 e. The average molecular weight is 564 g/mol. The van der Waals surface area contributed by atoms with E-state index in [-0.39, 0.29) is 31.2 Å². The molecule has 0 amide bonds. The fourth-order valence-corrected chi connectivity index (χ4v) is 2.08. The highest BCUT2D eigenvalue weighted by atomic mass is 127. The van der Waals surface area contributed by atoms with Crippen molar-refractivity contribution in [2.75, 3.05) is 19.8 Å². The van der Waals surface area contributed by atoms with Gasteiger partial charge >= 0.3 is 17.9 Å². The molecule has 0 aromatic heterocycles. The Morgan fingerprint density at radius 1 is 0.656 bits per heavy atom. The molecule has 10 heteroatoms. The van der Waals surface area contributed by atoms with Gasteiger partial charge in [-0.15, -0.1) is 0 Å². The third-order valence-corrected chi connectivity index (χ3v) is 3.81. The monoisotopic (exact) mass is 564 g/mol. The van der Waals surface area contributed by atoms with Gasteiger partial charge in [0.05, 0.1) is 19.8 Å². The predicted molar refractivity (Wildman–Crippen MR) is 120 cm³/mol. The van der Waals surface area contributed by atoms with Gasteiger partial charge in [0.1, 0.15) is 11.6 Å². The van der Waals surface area contributed by atoms with Gasteiger partial charge in [-0.05, 0) is 91.9 Å². The van der Waals surface area contributed by atoms with Gasteiger partial charge in [-0.3, -0.25) is 4.79 Å². The molecule has 0 fully saturated rings. The summed E-state index contributed by atoms with van der Waals surface area (Å²) < 4.78 is 38.8. The van der Waals surface area contributed by atoms with Crippen LogP contribution in [0.3, 0.4) is 0 Å². The fraction of sp³-hybridized carbons (Fsp3) is 0.273. The van der Waals surface area contributed by atoms with Crippen molar-refractivity contribution in [1.82, 2.24) is 0 Å². The van der Waals surface area contributed by atoms with Crippen LogP contribution in [0.2, 0.25) is 0 Å². The molecule has 0 saturated carbocycles. The standard InChI is InChI=1S/C10H9FO3.C6H4FI.C6H10O4/c1-2-14-10(13)9(12)7-3-5-8(11)6-4-7;7-5-1-3-6(8)4-2-5;1-3-9-5(7)6(8)10-4-2/h3-6H,2H2,1H3;1-4H;3-4H2,1-2H3. The number of hydrogen-bond acceptors (Lipinski definition) is 7. The van der Waals surface area contributed by atoms with Crippen LogP contribution in [0.25, 0.3) is 0 Å². The summed E-state index contributed by atoms with van der Waals surface area (Å²) in [7, 11) is 0. The van der Waals surface area contributed by atoms with E-state index < -0.39 is 29.5 Å². The number of hydrogen-bond donors (Lipinski definition) is 0. The van der Waals surface area contributed by atoms with Crippen LogP contribution < -0.4 is 0 Å². The zero-order chi connectivity index (χ0) is 24.5. The van der Waals surface area contributed by atoms with E-state index in [0.29, 0.717) is 0 Å². The molecule has 0 heterocycles. The Labute approximate surface area is 198 Å². The van der Waals surface area contributed by atoms with Crippen molar-refractivity contribution in [3.63, 3.8) is 0 Å². The summed E-state index contributed by atoms with van der Waals surface area (Å²) >= 11 is 2.13. The van der Waals surface area contributed by atoms with Crippen LogP contribution in [0.1, 0.15) is 31.1 Å². The van der Waals surface area contributed by atoms with E-state index in [1.165, 1.54) is 24.3 Å². The maximum absolute atomic E-state index is 12.5. The number of ketones is 1. The van der Waals surface area contributed by atoms with Gasteiger partial charge in [0.25, 0.3) is 5.78 Å². The highest BCUT2D eigenvalue weighted by Crippen LogP contribution is 2.05. The van der Waals surface area contributed by atoms with Crippen LogP contribution in [0.5, 0.6) is 0 Å². The van der Waals surface area contributed by atoms with Gasteiger partial charge < -0.3 is 14.2 Å². The average Bonchev–Trinajstić information content (AvgIpc) is 2.77. The highest BCUT2D eigenvalue weighted by Gasteiger charge is 2.16. The molecule has 32 heavy (non-hydrogen) atoms. The van der Waals surface area contributed by atoms with Gasteiger partial charge in [0.15, 0.2) is 0 Å². The van der Waals surface area contributed by atoms with E-state index in [9.17, 15) is 28.0 Å². The van der Waals surface area contributed by atoms with E-state index in [0.717, 1.165) is 15.7 Å². The van der Waals surface area contributed by atoms with Crippen molar-refractivity contribution < 1.29 is 42.2 Å². The first-order chi connectivity index (χ1) is 15.2. The Morgan fingerprint density at radius 2 is 1.00 bits per heavy atom. The van der Waals surface area contributed by atoms with Crippen molar-refractivity contribution in [1.29, 1.82) is 0 Å². The summed E-state index contributed by atoms with van der Waals surface area (Å²) in [5.74, 6) is -4.16. The summed E-state index contributed by atoms with van der Waals surface area (Å²) in [4.78, 5) is 43.1. The largest absolute Gasteiger partial charge is 0.460 e. The zero-order valence-electron chi connectivity index (χ0n) is 17.7. The van der Waals surface area contributed by atoms with Gasteiger partial charge in [-0.1, -0.05) is 0 Å². The summed E-state index contributed by atoms with van der Waals surface area (Å²) in [5.41, 5.74) is 0.129. The van der Waals surface area contributed by atoms with Crippen LogP contribution in [0.15, 0.2) is 48.5 Å². The number of carbonyl (C=O) groups excluding carboxylic acids is 4. The van der Waals surface area contributed by atoms with Crippen molar-refractivity contribution >= 4 is 46.3 Å². The topological polar surface area (TPSA) is 96.0 Å². The van der Waals surface area contributed by atoms with Crippen molar-refractivity contribution in [2.45, 2.75) is 20.8 Å². The predicted octanol–water partition coefficient (Wildman–Crippen LogP) is 4.11. The molecule has 0 aliphatic heterocycles. The van der Waals surface area contributed by atoms with Crippen molar-refractivity contribution in [3.05, 3.63) is 69.3 Å². The minimum absolute atomic E-state index is 0.129.